The molecule has 1 aliphatic carbocycles. The summed E-state index contributed by atoms with van der Waals surface area (Å²) in [7, 11) is 1.72. The lowest BCUT2D eigenvalue weighted by Gasteiger charge is -2.24. The highest BCUT2D eigenvalue weighted by Crippen LogP contribution is 2.26. The third-order valence-corrected chi connectivity index (χ3v) is 5.07. The molecule has 0 bridgehead atoms. The number of aliphatic imine (C=N–C) groups is 1. The first-order chi connectivity index (χ1) is 12.6. The monoisotopic (exact) mass is 426 g/mol. The van der Waals surface area contributed by atoms with Crippen LogP contribution in [-0.4, -0.2) is 38.5 Å². The number of guanidine groups is 1. The maximum Gasteiger partial charge on any atom is 0.223 e. The minimum Gasteiger partial charge on any atom is -0.356 e. The third kappa shape index (κ3) is 6.94. The molecule has 3 N–H and O–H groups in total. The molecule has 1 aromatic rings. The maximum absolute atomic E-state index is 13.8. The quantitative estimate of drug-likeness (QED) is 0.323. The van der Waals surface area contributed by atoms with Crippen molar-refractivity contribution in [1.82, 2.24) is 16.0 Å². The van der Waals surface area contributed by atoms with Crippen LogP contribution in [0.5, 0.6) is 0 Å². The summed E-state index contributed by atoms with van der Waals surface area (Å²) < 4.78 is 14.5. The Morgan fingerprint density at radius 1 is 1.19 bits per heavy atom. The van der Waals surface area contributed by atoms with E-state index >= 15 is 0 Å². The zero-order chi connectivity index (χ0) is 18.8. The van der Waals surface area contributed by atoms with E-state index in [1.54, 1.807) is 7.05 Å². The van der Waals surface area contributed by atoms with Gasteiger partial charge in [-0.3, -0.25) is 9.79 Å². The molecule has 1 aromatic carbocycles. The van der Waals surface area contributed by atoms with E-state index in [2.05, 4.69) is 36.9 Å². The van der Waals surface area contributed by atoms with Crippen LogP contribution in [-0.2, 0) is 11.2 Å². The van der Waals surface area contributed by atoms with Crippen molar-refractivity contribution < 1.29 is 9.18 Å². The van der Waals surface area contributed by atoms with Gasteiger partial charge in [-0.1, -0.05) is 28.4 Å². The average Bonchev–Trinajstić information content (AvgIpc) is 2.56. The lowest BCUT2D eigenvalue weighted by Crippen LogP contribution is -2.40. The number of carbonyl (C=O) groups is 1. The highest BCUT2D eigenvalue weighted by atomic mass is 79.9. The Bertz CT molecular complexity index is 620. The van der Waals surface area contributed by atoms with Crippen molar-refractivity contribution >= 4 is 27.8 Å². The Balaban J connectivity index is 1.54. The molecule has 0 heterocycles. The van der Waals surface area contributed by atoms with Crippen LogP contribution < -0.4 is 16.0 Å². The fraction of sp³-hybridized carbons (Fsp3) is 0.579. The van der Waals surface area contributed by atoms with Crippen molar-refractivity contribution in [2.24, 2.45) is 10.9 Å². The first-order valence-electron chi connectivity index (χ1n) is 9.26. The summed E-state index contributed by atoms with van der Waals surface area (Å²) in [6, 6.07) is 5.16. The van der Waals surface area contributed by atoms with E-state index in [1.807, 2.05) is 12.1 Å². The van der Waals surface area contributed by atoms with Crippen LogP contribution in [0, 0.1) is 11.7 Å². The number of benzene rings is 1. The molecule has 1 aliphatic rings. The standard InChI is InChI=1S/C19H28BrFN4O/c1-22-19(25-12-4-11-23-18(26)15-5-2-6-15)24-10-3-7-14-8-9-16(20)13-17(14)21/h8-9,13,15H,2-7,10-12H2,1H3,(H,23,26)(H2,22,24,25). The molecule has 0 unspecified atom stereocenters. The van der Waals surface area contributed by atoms with Crippen molar-refractivity contribution in [1.29, 1.82) is 0 Å². The van der Waals surface area contributed by atoms with Gasteiger partial charge in [-0.2, -0.15) is 0 Å². The normalized spacial score (nSPS) is 14.7. The van der Waals surface area contributed by atoms with E-state index in [0.717, 1.165) is 48.2 Å². The molecule has 0 spiro atoms. The van der Waals surface area contributed by atoms with E-state index in [1.165, 1.54) is 12.5 Å². The number of amides is 1. The van der Waals surface area contributed by atoms with E-state index in [9.17, 15) is 9.18 Å². The van der Waals surface area contributed by atoms with E-state index < -0.39 is 0 Å². The molecule has 1 amide bonds. The van der Waals surface area contributed by atoms with E-state index in [0.29, 0.717) is 19.5 Å². The zero-order valence-electron chi connectivity index (χ0n) is 15.3. The van der Waals surface area contributed by atoms with E-state index in [-0.39, 0.29) is 17.6 Å². The van der Waals surface area contributed by atoms with Crippen LogP contribution in [0.4, 0.5) is 4.39 Å². The molecule has 7 heteroatoms. The van der Waals surface area contributed by atoms with Gasteiger partial charge in [0.15, 0.2) is 5.96 Å². The molecule has 0 aliphatic heterocycles. The molecule has 26 heavy (non-hydrogen) atoms. The lowest BCUT2D eigenvalue weighted by molar-refractivity contribution is -0.127. The van der Waals surface area contributed by atoms with Crippen molar-refractivity contribution in [2.75, 3.05) is 26.7 Å². The van der Waals surface area contributed by atoms with E-state index in [4.69, 9.17) is 0 Å². The topological polar surface area (TPSA) is 65.5 Å². The van der Waals surface area contributed by atoms with Gasteiger partial charge < -0.3 is 16.0 Å². The number of carbonyl (C=O) groups excluding carboxylic acids is 1. The van der Waals surface area contributed by atoms with Gasteiger partial charge in [-0.25, -0.2) is 4.39 Å². The van der Waals surface area contributed by atoms with Crippen LogP contribution in [0.15, 0.2) is 27.7 Å². The molecule has 0 radical (unpaired) electrons. The predicted molar refractivity (Wildman–Crippen MR) is 107 cm³/mol. The second kappa shape index (κ2) is 11.2. The van der Waals surface area contributed by atoms with Gasteiger partial charge in [0.05, 0.1) is 0 Å². The van der Waals surface area contributed by atoms with Gasteiger partial charge in [0.25, 0.3) is 0 Å². The maximum atomic E-state index is 13.8. The number of nitrogens with zero attached hydrogens (tertiary/aromatic N) is 1. The zero-order valence-corrected chi connectivity index (χ0v) is 16.9. The van der Waals surface area contributed by atoms with Gasteiger partial charge >= 0.3 is 0 Å². The number of rotatable bonds is 9. The van der Waals surface area contributed by atoms with Crippen molar-refractivity contribution in [3.63, 3.8) is 0 Å². The smallest absolute Gasteiger partial charge is 0.223 e. The Hall–Kier alpha value is -1.63. The molecule has 1 saturated carbocycles. The lowest BCUT2D eigenvalue weighted by atomic mass is 9.85. The number of nitrogens with one attached hydrogen (secondary N) is 3. The number of halogens is 2. The summed E-state index contributed by atoms with van der Waals surface area (Å²) in [4.78, 5) is 15.9. The van der Waals surface area contributed by atoms with Gasteiger partial charge in [-0.15, -0.1) is 0 Å². The number of hydrogen-bond acceptors (Lipinski definition) is 2. The minimum absolute atomic E-state index is 0.175. The van der Waals surface area contributed by atoms with Gasteiger partial charge in [0, 0.05) is 37.1 Å². The fourth-order valence-electron chi connectivity index (χ4n) is 2.75. The van der Waals surface area contributed by atoms with Crippen molar-refractivity contribution in [3.8, 4) is 0 Å². The van der Waals surface area contributed by atoms with Gasteiger partial charge in [0.1, 0.15) is 5.82 Å². The van der Waals surface area contributed by atoms with Crippen LogP contribution in [0.2, 0.25) is 0 Å². The predicted octanol–water partition coefficient (Wildman–Crippen LogP) is 2.99. The van der Waals surface area contributed by atoms with Crippen LogP contribution in [0.3, 0.4) is 0 Å². The molecule has 0 saturated heterocycles. The first kappa shape index (κ1) is 20.7. The molecule has 0 atom stereocenters. The second-order valence-electron chi connectivity index (χ2n) is 6.54. The molecule has 144 valence electrons. The van der Waals surface area contributed by atoms with Gasteiger partial charge in [-0.05, 0) is 49.8 Å². The molecule has 1 fully saturated rings. The highest BCUT2D eigenvalue weighted by Gasteiger charge is 2.24. The summed E-state index contributed by atoms with van der Waals surface area (Å²) >= 11 is 3.26. The summed E-state index contributed by atoms with van der Waals surface area (Å²) in [5.74, 6) is 0.990. The molecule has 0 aromatic heterocycles. The van der Waals surface area contributed by atoms with Crippen molar-refractivity contribution in [3.05, 3.63) is 34.1 Å². The first-order valence-corrected chi connectivity index (χ1v) is 10.1. The summed E-state index contributed by atoms with van der Waals surface area (Å²) in [5, 5.41) is 9.43. The number of aryl methyl sites for hydroxylation is 1. The van der Waals surface area contributed by atoms with Gasteiger partial charge in [0.2, 0.25) is 5.91 Å². The number of hydrogen-bond donors (Lipinski definition) is 3. The highest BCUT2D eigenvalue weighted by molar-refractivity contribution is 9.10. The molecule has 5 nitrogen and oxygen atoms in total. The van der Waals surface area contributed by atoms with Crippen LogP contribution >= 0.6 is 15.9 Å². The summed E-state index contributed by atoms with van der Waals surface area (Å²) in [5.41, 5.74) is 0.722. The Kier molecular flexibility index (Phi) is 8.88. The Morgan fingerprint density at radius 2 is 1.88 bits per heavy atom. The molecule has 2 rings (SSSR count). The third-order valence-electron chi connectivity index (χ3n) is 4.58. The fourth-order valence-corrected chi connectivity index (χ4v) is 3.09. The largest absolute Gasteiger partial charge is 0.356 e. The minimum atomic E-state index is -0.175. The SMILES string of the molecule is CN=C(NCCCNC(=O)C1CCC1)NCCCc1ccc(Br)cc1F. The molecular formula is C19H28BrFN4O. The van der Waals surface area contributed by atoms with Crippen molar-refractivity contribution in [2.45, 2.75) is 38.5 Å². The Labute approximate surface area is 163 Å². The average molecular weight is 427 g/mol. The van der Waals surface area contributed by atoms with Crippen LogP contribution in [0.1, 0.15) is 37.7 Å². The Morgan fingerprint density at radius 3 is 2.50 bits per heavy atom. The summed E-state index contributed by atoms with van der Waals surface area (Å²) in [6.07, 6.45) is 5.59. The summed E-state index contributed by atoms with van der Waals surface area (Å²) in [6.45, 7) is 2.14. The molecular weight excluding hydrogens is 399 g/mol. The van der Waals surface area contributed by atoms with Crippen LogP contribution in [0.25, 0.3) is 0 Å². The second-order valence-corrected chi connectivity index (χ2v) is 7.45.